The van der Waals surface area contributed by atoms with E-state index in [1.54, 1.807) is 6.07 Å². The molecular formula is C13H19BrN2O2. The van der Waals surface area contributed by atoms with Gasteiger partial charge >= 0.3 is 0 Å². The summed E-state index contributed by atoms with van der Waals surface area (Å²) in [6.07, 6.45) is 2.11. The highest BCUT2D eigenvalue weighted by Crippen LogP contribution is 2.23. The fraction of sp³-hybridized carbons (Fsp3) is 0.462. The lowest BCUT2D eigenvalue weighted by atomic mass is 10.1. The van der Waals surface area contributed by atoms with Crippen molar-refractivity contribution in [1.82, 2.24) is 0 Å². The Hall–Kier alpha value is -1.23. The molecule has 0 heterocycles. The Morgan fingerprint density at radius 3 is 2.83 bits per heavy atom. The molecule has 18 heavy (non-hydrogen) atoms. The summed E-state index contributed by atoms with van der Waals surface area (Å²) in [6.45, 7) is 4.99. The summed E-state index contributed by atoms with van der Waals surface area (Å²) >= 11 is 3.35. The van der Waals surface area contributed by atoms with Crippen molar-refractivity contribution in [3.05, 3.63) is 28.2 Å². The van der Waals surface area contributed by atoms with E-state index < -0.39 is 0 Å². The van der Waals surface area contributed by atoms with E-state index in [0.717, 1.165) is 17.3 Å². The molecule has 0 aliphatic rings. The Labute approximate surface area is 116 Å². The highest BCUT2D eigenvalue weighted by atomic mass is 79.9. The van der Waals surface area contributed by atoms with Gasteiger partial charge in [0.15, 0.2) is 5.84 Å². The number of halogens is 1. The molecule has 5 heteroatoms. The molecule has 1 aromatic rings. The van der Waals surface area contributed by atoms with Gasteiger partial charge in [-0.3, -0.25) is 0 Å². The third-order valence-corrected chi connectivity index (χ3v) is 3.00. The summed E-state index contributed by atoms with van der Waals surface area (Å²) in [7, 11) is 0. The van der Waals surface area contributed by atoms with Crippen LogP contribution < -0.4 is 10.5 Å². The van der Waals surface area contributed by atoms with Crippen molar-refractivity contribution in [1.29, 1.82) is 0 Å². The molecule has 1 aromatic carbocycles. The van der Waals surface area contributed by atoms with Crippen LogP contribution in [0.2, 0.25) is 0 Å². The van der Waals surface area contributed by atoms with Crippen LogP contribution in [0.3, 0.4) is 0 Å². The first kappa shape index (κ1) is 14.8. The fourth-order valence-corrected chi connectivity index (χ4v) is 1.92. The summed E-state index contributed by atoms with van der Waals surface area (Å²) in [5.74, 6) is 1.36. The summed E-state index contributed by atoms with van der Waals surface area (Å²) in [5.41, 5.74) is 6.21. The molecule has 0 atom stereocenters. The topological polar surface area (TPSA) is 67.8 Å². The molecule has 0 aromatic heterocycles. The molecule has 0 fully saturated rings. The summed E-state index contributed by atoms with van der Waals surface area (Å²) < 4.78 is 6.53. The van der Waals surface area contributed by atoms with Gasteiger partial charge in [0.1, 0.15) is 5.75 Å². The van der Waals surface area contributed by atoms with Crippen molar-refractivity contribution in [3.8, 4) is 5.75 Å². The van der Waals surface area contributed by atoms with Crippen LogP contribution in [0.5, 0.6) is 5.75 Å². The monoisotopic (exact) mass is 314 g/mol. The van der Waals surface area contributed by atoms with Gasteiger partial charge in [-0.25, -0.2) is 0 Å². The van der Waals surface area contributed by atoms with E-state index in [-0.39, 0.29) is 5.84 Å². The smallest absolute Gasteiger partial charge is 0.173 e. The Kier molecular flexibility index (Phi) is 5.98. The van der Waals surface area contributed by atoms with Crippen LogP contribution >= 0.6 is 15.9 Å². The molecule has 0 saturated carbocycles. The van der Waals surface area contributed by atoms with Crippen molar-refractivity contribution < 1.29 is 9.94 Å². The maximum absolute atomic E-state index is 8.74. The minimum Gasteiger partial charge on any atom is -0.493 e. The lowest BCUT2D eigenvalue weighted by Gasteiger charge is -2.11. The number of hydrogen-bond donors (Lipinski definition) is 2. The zero-order chi connectivity index (χ0) is 13.5. The minimum atomic E-state index is 0.0511. The van der Waals surface area contributed by atoms with Gasteiger partial charge in [-0.1, -0.05) is 34.9 Å². The van der Waals surface area contributed by atoms with Crippen LogP contribution in [0.4, 0.5) is 0 Å². The number of nitrogens with two attached hydrogens (primary N) is 1. The van der Waals surface area contributed by atoms with Crippen molar-refractivity contribution in [2.24, 2.45) is 16.8 Å². The number of hydrogen-bond acceptors (Lipinski definition) is 3. The molecule has 0 radical (unpaired) electrons. The van der Waals surface area contributed by atoms with E-state index in [0.29, 0.717) is 23.8 Å². The van der Waals surface area contributed by atoms with Gasteiger partial charge < -0.3 is 15.7 Å². The molecule has 3 N–H and O–H groups in total. The quantitative estimate of drug-likeness (QED) is 0.278. The van der Waals surface area contributed by atoms with Crippen LogP contribution in [0.25, 0.3) is 0 Å². The molecule has 0 bridgehead atoms. The second kappa shape index (κ2) is 7.26. The summed E-state index contributed by atoms with van der Waals surface area (Å²) in [5, 5.41) is 11.8. The van der Waals surface area contributed by atoms with E-state index in [9.17, 15) is 0 Å². The van der Waals surface area contributed by atoms with Crippen LogP contribution in [0.15, 0.2) is 27.8 Å². The van der Waals surface area contributed by atoms with Gasteiger partial charge in [0.05, 0.1) is 12.2 Å². The second-order valence-corrected chi connectivity index (χ2v) is 5.43. The van der Waals surface area contributed by atoms with Crippen LogP contribution in [-0.4, -0.2) is 17.6 Å². The standard InChI is InChI=1S/C13H19BrN2O2/c1-9(2)4-3-7-18-12-6-5-10(14)8-11(12)13(15)16-17/h5-6,8-9,17H,3-4,7H2,1-2H3,(H2,15,16). The highest BCUT2D eigenvalue weighted by Gasteiger charge is 2.09. The molecular weight excluding hydrogens is 296 g/mol. The van der Waals surface area contributed by atoms with E-state index in [2.05, 4.69) is 34.9 Å². The first-order chi connectivity index (χ1) is 8.54. The SMILES string of the molecule is CC(C)CCCOc1ccc(Br)cc1/C(N)=N/O. The molecule has 0 aliphatic carbocycles. The van der Waals surface area contributed by atoms with Crippen molar-refractivity contribution in [2.75, 3.05) is 6.61 Å². The molecule has 0 amide bonds. The number of benzene rings is 1. The fourth-order valence-electron chi connectivity index (χ4n) is 1.56. The number of rotatable bonds is 6. The lowest BCUT2D eigenvalue weighted by molar-refractivity contribution is 0.296. The first-order valence-corrected chi connectivity index (χ1v) is 6.74. The van der Waals surface area contributed by atoms with Crippen molar-refractivity contribution >= 4 is 21.8 Å². The van der Waals surface area contributed by atoms with Crippen LogP contribution in [0.1, 0.15) is 32.3 Å². The van der Waals surface area contributed by atoms with Gasteiger partial charge in [0.2, 0.25) is 0 Å². The Bertz CT molecular complexity index is 419. The molecule has 0 unspecified atom stereocenters. The molecule has 0 spiro atoms. The Balaban J connectivity index is 2.70. The van der Waals surface area contributed by atoms with E-state index in [1.807, 2.05) is 12.1 Å². The third kappa shape index (κ3) is 4.56. The Morgan fingerprint density at radius 1 is 1.50 bits per heavy atom. The third-order valence-electron chi connectivity index (χ3n) is 2.51. The highest BCUT2D eigenvalue weighted by molar-refractivity contribution is 9.10. The van der Waals surface area contributed by atoms with Gasteiger partial charge in [-0.05, 0) is 37.0 Å². The average Bonchev–Trinajstić information content (AvgIpc) is 2.34. The van der Waals surface area contributed by atoms with Crippen LogP contribution in [0, 0.1) is 5.92 Å². The van der Waals surface area contributed by atoms with E-state index in [4.69, 9.17) is 15.7 Å². The zero-order valence-electron chi connectivity index (χ0n) is 10.7. The molecule has 0 saturated heterocycles. The number of ether oxygens (including phenoxy) is 1. The van der Waals surface area contributed by atoms with Crippen molar-refractivity contribution in [2.45, 2.75) is 26.7 Å². The predicted octanol–water partition coefficient (Wildman–Crippen LogP) is 3.36. The van der Waals surface area contributed by atoms with Gasteiger partial charge in [0, 0.05) is 4.47 Å². The average molecular weight is 315 g/mol. The van der Waals surface area contributed by atoms with Crippen LogP contribution in [-0.2, 0) is 0 Å². The minimum absolute atomic E-state index is 0.0511. The number of amidine groups is 1. The molecule has 0 aliphatic heterocycles. The molecule has 4 nitrogen and oxygen atoms in total. The van der Waals surface area contributed by atoms with E-state index >= 15 is 0 Å². The summed E-state index contributed by atoms with van der Waals surface area (Å²) in [6, 6.07) is 5.45. The lowest BCUT2D eigenvalue weighted by Crippen LogP contribution is -2.15. The number of oxime groups is 1. The largest absolute Gasteiger partial charge is 0.493 e. The molecule has 100 valence electrons. The maximum Gasteiger partial charge on any atom is 0.173 e. The summed E-state index contributed by atoms with van der Waals surface area (Å²) in [4.78, 5) is 0. The first-order valence-electron chi connectivity index (χ1n) is 5.95. The normalized spacial score (nSPS) is 11.9. The number of nitrogens with zero attached hydrogens (tertiary/aromatic N) is 1. The van der Waals surface area contributed by atoms with Gasteiger partial charge in [-0.2, -0.15) is 0 Å². The predicted molar refractivity (Wildman–Crippen MR) is 76.2 cm³/mol. The zero-order valence-corrected chi connectivity index (χ0v) is 12.3. The second-order valence-electron chi connectivity index (χ2n) is 4.51. The van der Waals surface area contributed by atoms with Gasteiger partial charge in [-0.15, -0.1) is 0 Å². The maximum atomic E-state index is 8.74. The Morgan fingerprint density at radius 2 is 2.22 bits per heavy atom. The van der Waals surface area contributed by atoms with Gasteiger partial charge in [0.25, 0.3) is 0 Å². The van der Waals surface area contributed by atoms with E-state index in [1.165, 1.54) is 0 Å². The molecule has 1 rings (SSSR count). The van der Waals surface area contributed by atoms with Crippen molar-refractivity contribution in [3.63, 3.8) is 0 Å².